The van der Waals surface area contributed by atoms with Crippen molar-refractivity contribution in [3.05, 3.63) is 88.5 Å². The number of Topliss-reactive ketones (excluding diaryl/α,β-unsaturated/α-hetero) is 1. The van der Waals surface area contributed by atoms with Crippen molar-refractivity contribution < 1.29 is 22.7 Å². The van der Waals surface area contributed by atoms with Crippen molar-refractivity contribution in [1.29, 1.82) is 0 Å². The largest absolute Gasteiger partial charge is 0.416 e. The molecule has 1 N–H and O–H groups in total. The maximum atomic E-state index is 13.6. The van der Waals surface area contributed by atoms with Crippen LogP contribution in [0.15, 0.2) is 54.9 Å². The number of alkyl halides is 3. The summed E-state index contributed by atoms with van der Waals surface area (Å²) in [6.45, 7) is 6.64. The highest BCUT2D eigenvalue weighted by molar-refractivity contribution is 5.84. The topological polar surface area (TPSA) is 85.2 Å². The number of hydrogen-bond acceptors (Lipinski definition) is 7. The molecule has 0 saturated carbocycles. The molecular formula is C31H35F3N6O2. The number of carbonyl (C=O) groups excluding carboxylic acids is 1. The van der Waals surface area contributed by atoms with Crippen molar-refractivity contribution in [3.8, 4) is 5.82 Å². The van der Waals surface area contributed by atoms with E-state index in [0.717, 1.165) is 46.8 Å². The molecule has 0 aliphatic heterocycles. The summed E-state index contributed by atoms with van der Waals surface area (Å²) in [5, 5.41) is 7.99. The highest BCUT2D eigenvalue weighted by atomic mass is 19.4. The first-order valence-corrected chi connectivity index (χ1v) is 13.6. The lowest BCUT2D eigenvalue weighted by atomic mass is 9.99. The molecule has 8 nitrogen and oxygen atoms in total. The van der Waals surface area contributed by atoms with Gasteiger partial charge in [0.05, 0.1) is 17.9 Å². The molecule has 0 atom stereocenters. The van der Waals surface area contributed by atoms with Gasteiger partial charge in [0.2, 0.25) is 0 Å². The summed E-state index contributed by atoms with van der Waals surface area (Å²) in [6.07, 6.45) is -2.30. The molecule has 0 bridgehead atoms. The van der Waals surface area contributed by atoms with Crippen LogP contribution in [0.2, 0.25) is 0 Å². The second-order valence-corrected chi connectivity index (χ2v) is 10.3. The molecule has 0 unspecified atom stereocenters. The summed E-state index contributed by atoms with van der Waals surface area (Å²) < 4.78 is 47.7. The van der Waals surface area contributed by atoms with Crippen LogP contribution in [-0.2, 0) is 35.0 Å². The molecule has 0 saturated heterocycles. The molecule has 2 heterocycles. The Labute approximate surface area is 243 Å². The van der Waals surface area contributed by atoms with E-state index >= 15 is 0 Å². The lowest BCUT2D eigenvalue weighted by Gasteiger charge is -2.21. The lowest BCUT2D eigenvalue weighted by Crippen LogP contribution is -2.23. The minimum atomic E-state index is -4.53. The second kappa shape index (κ2) is 13.2. The van der Waals surface area contributed by atoms with Gasteiger partial charge in [0.15, 0.2) is 5.82 Å². The van der Waals surface area contributed by atoms with E-state index in [1.807, 2.05) is 51.1 Å². The number of anilines is 3. The standard InChI is InChI=1S/C31H35F3N6O2/c1-6-25-18-29(36-19-35-25)40-30(11-21(3)38-40)37-28-16-22(8-7-20(28)2)14-27(41)15-23-12-24(31(32,33)34)17-26(13-23)39(4)9-10-42-5/h7-8,11-13,16-19,37H,6,9-10,14-15H2,1-5H3. The molecule has 0 aliphatic carbocycles. The van der Waals surface area contributed by atoms with Crippen molar-refractivity contribution >= 4 is 23.0 Å². The fourth-order valence-corrected chi connectivity index (χ4v) is 4.55. The quantitative estimate of drug-likeness (QED) is 0.219. The van der Waals surface area contributed by atoms with Crippen molar-refractivity contribution in [1.82, 2.24) is 19.7 Å². The smallest absolute Gasteiger partial charge is 0.383 e. The van der Waals surface area contributed by atoms with E-state index in [2.05, 4.69) is 20.4 Å². The Balaban J connectivity index is 1.54. The zero-order chi connectivity index (χ0) is 30.4. The number of methoxy groups -OCH3 is 1. The number of benzene rings is 2. The summed E-state index contributed by atoms with van der Waals surface area (Å²) in [5.74, 6) is 1.15. The molecule has 0 radical (unpaired) electrons. The normalized spacial score (nSPS) is 11.5. The average molecular weight is 581 g/mol. The van der Waals surface area contributed by atoms with Crippen molar-refractivity contribution in [2.75, 3.05) is 37.5 Å². The van der Waals surface area contributed by atoms with Crippen LogP contribution in [0.1, 0.15) is 40.6 Å². The van der Waals surface area contributed by atoms with Gasteiger partial charge < -0.3 is 15.0 Å². The van der Waals surface area contributed by atoms with Gasteiger partial charge in [-0.15, -0.1) is 0 Å². The van der Waals surface area contributed by atoms with E-state index in [-0.39, 0.29) is 18.6 Å². The van der Waals surface area contributed by atoms with Crippen LogP contribution in [0.25, 0.3) is 5.82 Å². The van der Waals surface area contributed by atoms with Crippen molar-refractivity contribution in [2.24, 2.45) is 0 Å². The summed E-state index contributed by atoms with van der Waals surface area (Å²) in [6, 6.07) is 13.2. The zero-order valence-corrected chi connectivity index (χ0v) is 24.4. The zero-order valence-electron chi connectivity index (χ0n) is 24.4. The molecule has 0 fully saturated rings. The third kappa shape index (κ3) is 7.73. The molecule has 0 spiro atoms. The highest BCUT2D eigenvalue weighted by Gasteiger charge is 2.31. The molecule has 42 heavy (non-hydrogen) atoms. The number of ether oxygens (including phenoxy) is 1. The van der Waals surface area contributed by atoms with Gasteiger partial charge in [0.25, 0.3) is 0 Å². The number of aromatic nitrogens is 4. The van der Waals surface area contributed by atoms with Crippen LogP contribution < -0.4 is 10.2 Å². The number of nitrogens with one attached hydrogen (secondary N) is 1. The predicted molar refractivity (Wildman–Crippen MR) is 157 cm³/mol. The van der Waals surface area contributed by atoms with Gasteiger partial charge in [-0.25, -0.2) is 9.97 Å². The van der Waals surface area contributed by atoms with E-state index in [1.54, 1.807) is 22.7 Å². The van der Waals surface area contributed by atoms with E-state index in [1.165, 1.54) is 13.4 Å². The monoisotopic (exact) mass is 580 g/mol. The van der Waals surface area contributed by atoms with E-state index in [0.29, 0.717) is 36.0 Å². The number of hydrogen-bond donors (Lipinski definition) is 1. The van der Waals surface area contributed by atoms with Crippen LogP contribution in [0.3, 0.4) is 0 Å². The van der Waals surface area contributed by atoms with Gasteiger partial charge in [0.1, 0.15) is 17.9 Å². The molecule has 0 aliphatic rings. The summed E-state index contributed by atoms with van der Waals surface area (Å²) in [4.78, 5) is 23.4. The number of rotatable bonds is 12. The van der Waals surface area contributed by atoms with Gasteiger partial charge >= 0.3 is 6.18 Å². The molecular weight excluding hydrogens is 545 g/mol. The molecule has 11 heteroatoms. The van der Waals surface area contributed by atoms with E-state index in [4.69, 9.17) is 4.74 Å². The third-order valence-electron chi connectivity index (χ3n) is 6.86. The Hall–Kier alpha value is -4.25. The Bertz CT molecular complexity index is 1550. The van der Waals surface area contributed by atoms with E-state index in [9.17, 15) is 18.0 Å². The summed E-state index contributed by atoms with van der Waals surface area (Å²) in [5.41, 5.74) is 4.09. The number of nitrogens with zero attached hydrogens (tertiary/aromatic N) is 5. The van der Waals surface area contributed by atoms with Crippen LogP contribution in [0, 0.1) is 13.8 Å². The first-order valence-electron chi connectivity index (χ1n) is 13.6. The average Bonchev–Trinajstić information content (AvgIpc) is 3.32. The Morgan fingerprint density at radius 3 is 2.50 bits per heavy atom. The molecule has 2 aromatic heterocycles. The summed E-state index contributed by atoms with van der Waals surface area (Å²) >= 11 is 0. The molecule has 4 aromatic rings. The predicted octanol–water partition coefficient (Wildman–Crippen LogP) is 6.04. The number of carbonyl (C=O) groups is 1. The van der Waals surface area contributed by atoms with Crippen molar-refractivity contribution in [2.45, 2.75) is 46.2 Å². The minimum absolute atomic E-state index is 0.0735. The SMILES string of the molecule is CCc1cc(-n2nc(C)cc2Nc2cc(CC(=O)Cc3cc(N(C)CCOC)cc(C(F)(F)F)c3)ccc2C)ncn1. The fourth-order valence-electron chi connectivity index (χ4n) is 4.55. The Morgan fingerprint density at radius 2 is 1.79 bits per heavy atom. The first kappa shape index (κ1) is 30.7. The fraction of sp³-hybridized carbons (Fsp3) is 0.355. The first-order chi connectivity index (χ1) is 20.0. The van der Waals surface area contributed by atoms with Gasteiger partial charge in [-0.05, 0) is 61.2 Å². The Morgan fingerprint density at radius 1 is 1.02 bits per heavy atom. The van der Waals surface area contributed by atoms with Crippen molar-refractivity contribution in [3.63, 3.8) is 0 Å². The second-order valence-electron chi connectivity index (χ2n) is 10.3. The number of halogens is 3. The van der Waals surface area contributed by atoms with Crippen LogP contribution in [0.5, 0.6) is 0 Å². The van der Waals surface area contributed by atoms with Gasteiger partial charge in [-0.3, -0.25) is 4.79 Å². The maximum absolute atomic E-state index is 13.6. The maximum Gasteiger partial charge on any atom is 0.416 e. The van der Waals surface area contributed by atoms with Gasteiger partial charge in [0, 0.05) is 62.7 Å². The van der Waals surface area contributed by atoms with Gasteiger partial charge in [-0.1, -0.05) is 19.1 Å². The molecule has 2 aromatic carbocycles. The van der Waals surface area contributed by atoms with Gasteiger partial charge in [-0.2, -0.15) is 23.0 Å². The van der Waals surface area contributed by atoms with Crippen LogP contribution in [0.4, 0.5) is 30.4 Å². The number of likely N-dealkylation sites (N-methyl/N-ethyl adjacent to an activating group) is 1. The Kier molecular flexibility index (Phi) is 9.62. The lowest BCUT2D eigenvalue weighted by molar-refractivity contribution is -0.137. The third-order valence-corrected chi connectivity index (χ3v) is 6.86. The number of ketones is 1. The molecule has 4 rings (SSSR count). The minimum Gasteiger partial charge on any atom is -0.383 e. The summed E-state index contributed by atoms with van der Waals surface area (Å²) in [7, 11) is 3.23. The van der Waals surface area contributed by atoms with Crippen LogP contribution >= 0.6 is 0 Å². The molecule has 0 amide bonds. The highest BCUT2D eigenvalue weighted by Crippen LogP contribution is 2.33. The molecule has 222 valence electrons. The number of aryl methyl sites for hydroxylation is 3. The van der Waals surface area contributed by atoms with Crippen LogP contribution in [-0.4, -0.2) is 52.8 Å². The van der Waals surface area contributed by atoms with E-state index < -0.39 is 11.7 Å².